The molecule has 162 valence electrons. The first-order chi connectivity index (χ1) is 14.9. The van der Waals surface area contributed by atoms with Crippen molar-refractivity contribution in [1.29, 1.82) is 0 Å². The summed E-state index contributed by atoms with van der Waals surface area (Å²) in [5, 5.41) is 19.8. The van der Waals surface area contributed by atoms with Gasteiger partial charge >= 0.3 is 11.9 Å². The monoisotopic (exact) mass is 424 g/mol. The van der Waals surface area contributed by atoms with E-state index in [1.54, 1.807) is 6.20 Å². The number of benzene rings is 2. The SMILES string of the molecule is O=C(O)Cn1cc([C@H](C(=O)O)N2CCC(Cc3ccccc3)CC2)c2ccc(F)cc21. The molecule has 0 aliphatic carbocycles. The Hall–Kier alpha value is -3.19. The molecular formula is C24H25FN2O4. The van der Waals surface area contributed by atoms with Crippen molar-refractivity contribution < 1.29 is 24.2 Å². The van der Waals surface area contributed by atoms with E-state index in [4.69, 9.17) is 0 Å². The van der Waals surface area contributed by atoms with Gasteiger partial charge in [-0.15, -0.1) is 0 Å². The molecule has 7 heteroatoms. The number of hydrogen-bond acceptors (Lipinski definition) is 3. The molecule has 2 N–H and O–H groups in total. The van der Waals surface area contributed by atoms with Crippen LogP contribution < -0.4 is 0 Å². The molecule has 4 rings (SSSR count). The van der Waals surface area contributed by atoms with Crippen molar-refractivity contribution in [3.63, 3.8) is 0 Å². The first-order valence-corrected chi connectivity index (χ1v) is 10.4. The van der Waals surface area contributed by atoms with E-state index in [9.17, 15) is 24.2 Å². The molecule has 1 saturated heterocycles. The third kappa shape index (κ3) is 4.61. The number of carboxylic acid groups (broad SMARTS) is 2. The van der Waals surface area contributed by atoms with Crippen LogP contribution in [0.1, 0.15) is 30.0 Å². The minimum Gasteiger partial charge on any atom is -0.480 e. The minimum absolute atomic E-state index is 0.356. The van der Waals surface area contributed by atoms with Crippen LogP contribution in [0.15, 0.2) is 54.7 Å². The molecule has 2 heterocycles. The van der Waals surface area contributed by atoms with Crippen molar-refractivity contribution >= 4 is 22.8 Å². The third-order valence-corrected chi connectivity index (χ3v) is 6.09. The summed E-state index contributed by atoms with van der Waals surface area (Å²) in [5.74, 6) is -2.05. The van der Waals surface area contributed by atoms with Crippen LogP contribution in [0.5, 0.6) is 0 Å². The van der Waals surface area contributed by atoms with Crippen molar-refractivity contribution in [2.24, 2.45) is 5.92 Å². The van der Waals surface area contributed by atoms with Crippen molar-refractivity contribution in [2.45, 2.75) is 31.8 Å². The highest BCUT2D eigenvalue weighted by Crippen LogP contribution is 2.34. The van der Waals surface area contributed by atoms with E-state index in [1.807, 2.05) is 23.1 Å². The topological polar surface area (TPSA) is 82.8 Å². The number of halogens is 1. The number of aliphatic carboxylic acids is 2. The summed E-state index contributed by atoms with van der Waals surface area (Å²) in [7, 11) is 0. The molecule has 31 heavy (non-hydrogen) atoms. The van der Waals surface area contributed by atoms with Crippen LogP contribution in [-0.4, -0.2) is 44.7 Å². The van der Waals surface area contributed by atoms with E-state index in [0.29, 0.717) is 35.5 Å². The Labute approximate surface area is 179 Å². The fourth-order valence-corrected chi connectivity index (χ4v) is 4.64. The number of likely N-dealkylation sites (tertiary alicyclic amines) is 1. The summed E-state index contributed by atoms with van der Waals surface area (Å²) in [6, 6.07) is 13.5. The Morgan fingerprint density at radius 3 is 2.42 bits per heavy atom. The summed E-state index contributed by atoms with van der Waals surface area (Å²) in [5.41, 5.74) is 2.18. The van der Waals surface area contributed by atoms with Gasteiger partial charge < -0.3 is 14.8 Å². The number of carboxylic acids is 2. The summed E-state index contributed by atoms with van der Waals surface area (Å²) >= 11 is 0. The van der Waals surface area contributed by atoms with Crippen molar-refractivity contribution in [2.75, 3.05) is 13.1 Å². The van der Waals surface area contributed by atoms with Crippen LogP contribution in [0.4, 0.5) is 4.39 Å². The quantitative estimate of drug-likeness (QED) is 0.600. The number of aromatic nitrogens is 1. The maximum absolute atomic E-state index is 13.8. The predicted molar refractivity (Wildman–Crippen MR) is 114 cm³/mol. The van der Waals surface area contributed by atoms with Crippen LogP contribution in [0.2, 0.25) is 0 Å². The lowest BCUT2D eigenvalue weighted by Crippen LogP contribution is -2.40. The van der Waals surface area contributed by atoms with Gasteiger partial charge in [-0.2, -0.15) is 0 Å². The van der Waals surface area contributed by atoms with Gasteiger partial charge in [0.15, 0.2) is 0 Å². The number of piperidine rings is 1. The van der Waals surface area contributed by atoms with Gasteiger partial charge in [0.2, 0.25) is 0 Å². The predicted octanol–water partition coefficient (Wildman–Crippen LogP) is 3.95. The average Bonchev–Trinajstić information content (AvgIpc) is 3.06. The Morgan fingerprint density at radius 2 is 1.77 bits per heavy atom. The Kier molecular flexibility index (Phi) is 6.04. The smallest absolute Gasteiger partial charge is 0.325 e. The van der Waals surface area contributed by atoms with Gasteiger partial charge in [0.1, 0.15) is 18.4 Å². The molecule has 1 aliphatic heterocycles. The zero-order valence-corrected chi connectivity index (χ0v) is 17.1. The first-order valence-electron chi connectivity index (χ1n) is 10.4. The van der Waals surface area contributed by atoms with Gasteiger partial charge in [-0.3, -0.25) is 14.5 Å². The zero-order valence-electron chi connectivity index (χ0n) is 17.1. The van der Waals surface area contributed by atoms with Gasteiger partial charge in [0, 0.05) is 17.1 Å². The molecule has 1 aliphatic rings. The van der Waals surface area contributed by atoms with Crippen LogP contribution in [-0.2, 0) is 22.6 Å². The van der Waals surface area contributed by atoms with Gasteiger partial charge in [-0.1, -0.05) is 30.3 Å². The summed E-state index contributed by atoms with van der Waals surface area (Å²) in [6.45, 7) is 0.925. The van der Waals surface area contributed by atoms with E-state index in [2.05, 4.69) is 12.1 Å². The molecule has 1 aromatic heterocycles. The fourth-order valence-electron chi connectivity index (χ4n) is 4.64. The molecule has 6 nitrogen and oxygen atoms in total. The molecule has 0 bridgehead atoms. The Balaban J connectivity index is 1.58. The molecule has 0 amide bonds. The van der Waals surface area contributed by atoms with Crippen molar-refractivity contribution in [1.82, 2.24) is 9.47 Å². The van der Waals surface area contributed by atoms with Gasteiger partial charge in [-0.05, 0) is 62.0 Å². The summed E-state index contributed by atoms with van der Waals surface area (Å²) < 4.78 is 15.2. The normalized spacial score (nSPS) is 16.4. The lowest BCUT2D eigenvalue weighted by molar-refractivity contribution is -0.144. The van der Waals surface area contributed by atoms with Crippen LogP contribution in [0, 0.1) is 11.7 Å². The summed E-state index contributed by atoms with van der Waals surface area (Å²) in [6.07, 6.45) is 4.30. The maximum atomic E-state index is 13.8. The molecule has 1 atom stereocenters. The van der Waals surface area contributed by atoms with Crippen LogP contribution >= 0.6 is 0 Å². The lowest BCUT2D eigenvalue weighted by Gasteiger charge is -2.35. The van der Waals surface area contributed by atoms with E-state index in [0.717, 1.165) is 19.3 Å². The van der Waals surface area contributed by atoms with E-state index in [1.165, 1.54) is 28.3 Å². The molecule has 0 radical (unpaired) electrons. The second-order valence-corrected chi connectivity index (χ2v) is 8.18. The van der Waals surface area contributed by atoms with Crippen molar-refractivity contribution in [3.8, 4) is 0 Å². The van der Waals surface area contributed by atoms with Gasteiger partial charge in [0.05, 0.1) is 5.52 Å². The Morgan fingerprint density at radius 1 is 1.06 bits per heavy atom. The molecule has 0 saturated carbocycles. The highest BCUT2D eigenvalue weighted by Gasteiger charge is 2.33. The zero-order chi connectivity index (χ0) is 22.0. The molecule has 1 fully saturated rings. The number of hydrogen-bond donors (Lipinski definition) is 2. The largest absolute Gasteiger partial charge is 0.480 e. The van der Waals surface area contributed by atoms with E-state index >= 15 is 0 Å². The number of carbonyl (C=O) groups is 2. The molecule has 0 unspecified atom stereocenters. The molecule has 0 spiro atoms. The number of rotatable bonds is 7. The maximum Gasteiger partial charge on any atom is 0.325 e. The van der Waals surface area contributed by atoms with Crippen LogP contribution in [0.25, 0.3) is 10.9 Å². The molecule has 3 aromatic rings. The molecular weight excluding hydrogens is 399 g/mol. The van der Waals surface area contributed by atoms with E-state index in [-0.39, 0.29) is 6.54 Å². The number of fused-ring (bicyclic) bond motifs is 1. The van der Waals surface area contributed by atoms with Crippen LogP contribution in [0.3, 0.4) is 0 Å². The Bertz CT molecular complexity index is 1090. The van der Waals surface area contributed by atoms with Crippen molar-refractivity contribution in [3.05, 3.63) is 71.7 Å². The third-order valence-electron chi connectivity index (χ3n) is 6.09. The van der Waals surface area contributed by atoms with E-state index < -0.39 is 23.8 Å². The second-order valence-electron chi connectivity index (χ2n) is 8.18. The highest BCUT2D eigenvalue weighted by molar-refractivity contribution is 5.90. The summed E-state index contributed by atoms with van der Waals surface area (Å²) in [4.78, 5) is 25.5. The number of nitrogens with zero attached hydrogens (tertiary/aromatic N) is 2. The second kappa shape index (κ2) is 8.89. The fraction of sp³-hybridized carbons (Fsp3) is 0.333. The highest BCUT2D eigenvalue weighted by atomic mass is 19.1. The standard InChI is InChI=1S/C24H25FN2O4/c25-18-6-7-19-20(14-27(15-22(28)29)21(19)13-18)23(24(30)31)26-10-8-17(9-11-26)12-16-4-2-1-3-5-16/h1-7,13-14,17,23H,8-12,15H2,(H,28,29)(H,30,31)/t23-/m1/s1. The minimum atomic E-state index is -1.07. The first kappa shape index (κ1) is 21.1. The van der Waals surface area contributed by atoms with Gasteiger partial charge in [-0.25, -0.2) is 4.39 Å². The molecule has 2 aromatic carbocycles. The van der Waals surface area contributed by atoms with Gasteiger partial charge in [0.25, 0.3) is 0 Å². The average molecular weight is 424 g/mol. The lowest BCUT2D eigenvalue weighted by atomic mass is 9.89.